The number of ether oxygens (including phenoxy) is 1. The zero-order chi connectivity index (χ0) is 12.1. The van der Waals surface area contributed by atoms with Gasteiger partial charge in [-0.25, -0.2) is 0 Å². The summed E-state index contributed by atoms with van der Waals surface area (Å²) in [5.41, 5.74) is 1.49. The number of rotatable bonds is 4. The molecule has 1 rings (SSSR count). The van der Waals surface area contributed by atoms with Crippen LogP contribution in [0.15, 0.2) is 12.1 Å². The molecule has 0 atom stereocenters. The Hall–Kier alpha value is -1.73. The van der Waals surface area contributed by atoms with Crippen molar-refractivity contribution in [2.45, 2.75) is 12.3 Å². The number of hydrogen-bond acceptors (Lipinski definition) is 3. The predicted octanol–water partition coefficient (Wildman–Crippen LogP) is 1.93. The number of carboxylic acid groups (broad SMARTS) is 1. The van der Waals surface area contributed by atoms with Crippen LogP contribution in [-0.2, 0) is 17.1 Å². The summed E-state index contributed by atoms with van der Waals surface area (Å²) in [6.45, 7) is 0. The van der Waals surface area contributed by atoms with E-state index < -0.39 is 5.97 Å². The first kappa shape index (κ1) is 12.3. The molecule has 0 heterocycles. The standard InChI is InChI=1S/C11H10ClNO3/c1-16-10-3-8(5-12)9(6-13)2-7(10)4-11(14)15/h2-3H,4-5H2,1H3,(H,14,15). The van der Waals surface area contributed by atoms with E-state index in [9.17, 15) is 4.79 Å². The highest BCUT2D eigenvalue weighted by Crippen LogP contribution is 2.25. The van der Waals surface area contributed by atoms with E-state index in [1.54, 1.807) is 6.07 Å². The SMILES string of the molecule is COc1cc(CCl)c(C#N)cc1CC(=O)O. The van der Waals surface area contributed by atoms with Gasteiger partial charge < -0.3 is 9.84 Å². The minimum Gasteiger partial charge on any atom is -0.496 e. The number of alkyl halides is 1. The van der Waals surface area contributed by atoms with E-state index in [-0.39, 0.29) is 12.3 Å². The second-order valence-corrected chi connectivity index (χ2v) is 3.40. The van der Waals surface area contributed by atoms with Crippen LogP contribution in [0.5, 0.6) is 5.75 Å². The van der Waals surface area contributed by atoms with Crippen LogP contribution in [0.1, 0.15) is 16.7 Å². The first-order valence-corrected chi connectivity index (χ1v) is 5.03. The molecule has 1 N–H and O–H groups in total. The van der Waals surface area contributed by atoms with E-state index in [0.717, 1.165) is 0 Å². The molecule has 84 valence electrons. The van der Waals surface area contributed by atoms with Crippen LogP contribution in [0.25, 0.3) is 0 Å². The second kappa shape index (κ2) is 5.38. The lowest BCUT2D eigenvalue weighted by molar-refractivity contribution is -0.136. The molecule has 0 bridgehead atoms. The zero-order valence-electron chi connectivity index (χ0n) is 8.66. The van der Waals surface area contributed by atoms with Crippen molar-refractivity contribution >= 4 is 17.6 Å². The van der Waals surface area contributed by atoms with Gasteiger partial charge in [-0.15, -0.1) is 11.6 Å². The van der Waals surface area contributed by atoms with Crippen LogP contribution in [0.2, 0.25) is 0 Å². The Morgan fingerprint density at radius 2 is 2.25 bits per heavy atom. The van der Waals surface area contributed by atoms with Gasteiger partial charge in [0.2, 0.25) is 0 Å². The van der Waals surface area contributed by atoms with Crippen LogP contribution in [0.4, 0.5) is 0 Å². The number of nitriles is 1. The highest BCUT2D eigenvalue weighted by atomic mass is 35.5. The van der Waals surface area contributed by atoms with E-state index in [4.69, 9.17) is 26.7 Å². The van der Waals surface area contributed by atoms with Crippen LogP contribution in [0.3, 0.4) is 0 Å². The Balaban J connectivity index is 3.27. The van der Waals surface area contributed by atoms with Crippen molar-refractivity contribution in [3.63, 3.8) is 0 Å². The van der Waals surface area contributed by atoms with Crippen LogP contribution in [-0.4, -0.2) is 18.2 Å². The van der Waals surface area contributed by atoms with E-state index in [2.05, 4.69) is 0 Å². The lowest BCUT2D eigenvalue weighted by atomic mass is 10.0. The topological polar surface area (TPSA) is 70.3 Å². The number of carbonyl (C=O) groups is 1. The molecule has 0 aromatic heterocycles. The highest BCUT2D eigenvalue weighted by Gasteiger charge is 2.12. The highest BCUT2D eigenvalue weighted by molar-refractivity contribution is 6.17. The van der Waals surface area contributed by atoms with Crippen molar-refractivity contribution in [2.24, 2.45) is 0 Å². The number of hydrogen-bond donors (Lipinski definition) is 1. The molecule has 5 heteroatoms. The molecule has 0 unspecified atom stereocenters. The molecule has 0 amide bonds. The Bertz CT molecular complexity index is 451. The predicted molar refractivity (Wildman–Crippen MR) is 58.6 cm³/mol. The first-order valence-electron chi connectivity index (χ1n) is 4.50. The van der Waals surface area contributed by atoms with Crippen molar-refractivity contribution in [1.82, 2.24) is 0 Å². The maximum absolute atomic E-state index is 10.6. The zero-order valence-corrected chi connectivity index (χ0v) is 9.41. The average Bonchev–Trinajstić information content (AvgIpc) is 2.27. The quantitative estimate of drug-likeness (QED) is 0.815. The summed E-state index contributed by atoms with van der Waals surface area (Å²) in [7, 11) is 1.45. The normalized spacial score (nSPS) is 9.56. The first-order chi connectivity index (χ1) is 7.62. The molecule has 0 aliphatic carbocycles. The Labute approximate surface area is 98.0 Å². The van der Waals surface area contributed by atoms with E-state index >= 15 is 0 Å². The van der Waals surface area contributed by atoms with Crippen molar-refractivity contribution < 1.29 is 14.6 Å². The van der Waals surface area contributed by atoms with E-state index in [1.807, 2.05) is 6.07 Å². The molecule has 0 spiro atoms. The fraction of sp³-hybridized carbons (Fsp3) is 0.273. The van der Waals surface area contributed by atoms with Crippen molar-refractivity contribution in [2.75, 3.05) is 7.11 Å². The molecule has 4 nitrogen and oxygen atoms in total. The monoisotopic (exact) mass is 239 g/mol. The van der Waals surface area contributed by atoms with Gasteiger partial charge in [-0.2, -0.15) is 5.26 Å². The van der Waals surface area contributed by atoms with E-state index in [1.165, 1.54) is 13.2 Å². The van der Waals surface area contributed by atoms with Gasteiger partial charge in [0.1, 0.15) is 5.75 Å². The number of methoxy groups -OCH3 is 1. The number of benzene rings is 1. The molecule has 16 heavy (non-hydrogen) atoms. The molecule has 0 saturated heterocycles. The smallest absolute Gasteiger partial charge is 0.307 e. The second-order valence-electron chi connectivity index (χ2n) is 3.14. The van der Waals surface area contributed by atoms with Gasteiger partial charge >= 0.3 is 5.97 Å². The number of halogens is 1. The molecular formula is C11H10ClNO3. The summed E-state index contributed by atoms with van der Waals surface area (Å²) >= 11 is 5.67. The van der Waals surface area contributed by atoms with Gasteiger partial charge in [-0.3, -0.25) is 4.79 Å². The molecular weight excluding hydrogens is 230 g/mol. The fourth-order valence-corrected chi connectivity index (χ4v) is 1.59. The lowest BCUT2D eigenvalue weighted by Gasteiger charge is -2.09. The van der Waals surface area contributed by atoms with Crippen molar-refractivity contribution in [3.05, 3.63) is 28.8 Å². The fourth-order valence-electron chi connectivity index (χ4n) is 1.37. The molecule has 0 saturated carbocycles. The maximum atomic E-state index is 10.6. The third kappa shape index (κ3) is 2.65. The average molecular weight is 240 g/mol. The Morgan fingerprint density at radius 3 is 2.69 bits per heavy atom. The van der Waals surface area contributed by atoms with Gasteiger partial charge in [-0.05, 0) is 17.7 Å². The molecule has 1 aromatic rings. The Morgan fingerprint density at radius 1 is 1.56 bits per heavy atom. The minimum atomic E-state index is -0.971. The third-order valence-corrected chi connectivity index (χ3v) is 2.40. The number of carboxylic acids is 1. The van der Waals surface area contributed by atoms with Crippen LogP contribution >= 0.6 is 11.6 Å². The van der Waals surface area contributed by atoms with Crippen molar-refractivity contribution in [3.8, 4) is 11.8 Å². The third-order valence-electron chi connectivity index (χ3n) is 2.11. The summed E-state index contributed by atoms with van der Waals surface area (Å²) in [6.07, 6.45) is -0.180. The molecule has 1 aromatic carbocycles. The maximum Gasteiger partial charge on any atom is 0.307 e. The summed E-state index contributed by atoms with van der Waals surface area (Å²) in [5.74, 6) is -0.343. The molecule has 0 radical (unpaired) electrons. The Kier molecular flexibility index (Phi) is 4.15. The van der Waals surface area contributed by atoms with Gasteiger partial charge in [0, 0.05) is 11.4 Å². The minimum absolute atomic E-state index is 0.180. The van der Waals surface area contributed by atoms with Crippen LogP contribution < -0.4 is 4.74 Å². The number of aliphatic carboxylic acids is 1. The summed E-state index contributed by atoms with van der Waals surface area (Å²) < 4.78 is 5.06. The molecule has 0 aliphatic rings. The van der Waals surface area contributed by atoms with Gasteiger partial charge in [0.25, 0.3) is 0 Å². The van der Waals surface area contributed by atoms with Crippen molar-refractivity contribution in [1.29, 1.82) is 5.26 Å². The summed E-state index contributed by atoms with van der Waals surface area (Å²) in [6, 6.07) is 5.08. The van der Waals surface area contributed by atoms with Gasteiger partial charge in [-0.1, -0.05) is 0 Å². The summed E-state index contributed by atoms with van der Waals surface area (Å²) in [5, 5.41) is 17.6. The van der Waals surface area contributed by atoms with E-state index in [0.29, 0.717) is 22.4 Å². The molecule has 0 fully saturated rings. The van der Waals surface area contributed by atoms with Gasteiger partial charge in [0.15, 0.2) is 0 Å². The molecule has 0 aliphatic heterocycles. The number of nitrogens with zero attached hydrogens (tertiary/aromatic N) is 1. The largest absolute Gasteiger partial charge is 0.496 e. The summed E-state index contributed by atoms with van der Waals surface area (Å²) in [4.78, 5) is 10.6. The lowest BCUT2D eigenvalue weighted by Crippen LogP contribution is -2.04. The van der Waals surface area contributed by atoms with Crippen LogP contribution in [0, 0.1) is 11.3 Å². The van der Waals surface area contributed by atoms with Gasteiger partial charge in [0.05, 0.1) is 25.2 Å².